The van der Waals surface area contributed by atoms with Gasteiger partial charge in [-0.2, -0.15) is 0 Å². The molecule has 0 aromatic carbocycles. The molecule has 16 heavy (non-hydrogen) atoms. The molecule has 1 saturated heterocycles. The zero-order valence-corrected chi connectivity index (χ0v) is 10.7. The van der Waals surface area contributed by atoms with Crippen molar-refractivity contribution in [1.82, 2.24) is 10.2 Å². The van der Waals surface area contributed by atoms with Crippen LogP contribution in [0.15, 0.2) is 0 Å². The lowest BCUT2D eigenvalue weighted by Gasteiger charge is -2.16. The van der Waals surface area contributed by atoms with Gasteiger partial charge in [-0.3, -0.25) is 0 Å². The fraction of sp³-hybridized carbons (Fsp3) is 1.00. The quantitative estimate of drug-likeness (QED) is 0.709. The maximum Gasteiger partial charge on any atom is 0.0499 e. The van der Waals surface area contributed by atoms with E-state index in [1.165, 1.54) is 38.9 Å². The number of hydrogen-bond acceptors (Lipinski definition) is 3. The van der Waals surface area contributed by atoms with Crippen molar-refractivity contribution in [1.29, 1.82) is 0 Å². The molecule has 2 rings (SSSR count). The molecule has 2 atom stereocenters. The van der Waals surface area contributed by atoms with E-state index in [-0.39, 0.29) is 0 Å². The summed E-state index contributed by atoms with van der Waals surface area (Å²) >= 11 is 0. The second-order valence-corrected chi connectivity index (χ2v) is 5.60. The van der Waals surface area contributed by atoms with Crippen molar-refractivity contribution in [2.75, 3.05) is 39.9 Å². The Labute approximate surface area is 99.5 Å². The second-order valence-electron chi connectivity index (χ2n) is 5.60. The molecule has 0 amide bonds. The Morgan fingerprint density at radius 2 is 2.19 bits per heavy atom. The van der Waals surface area contributed by atoms with E-state index in [4.69, 9.17) is 4.74 Å². The van der Waals surface area contributed by atoms with Crippen LogP contribution in [0.4, 0.5) is 0 Å². The molecule has 2 unspecified atom stereocenters. The molecule has 1 aliphatic heterocycles. The fourth-order valence-corrected chi connectivity index (χ4v) is 2.68. The maximum atomic E-state index is 5.13. The largest absolute Gasteiger partial charge is 0.384 e. The highest BCUT2D eigenvalue weighted by Gasteiger charge is 2.33. The van der Waals surface area contributed by atoms with Gasteiger partial charge in [0, 0.05) is 26.3 Å². The molecule has 1 aliphatic carbocycles. The highest BCUT2D eigenvalue weighted by atomic mass is 16.5. The van der Waals surface area contributed by atoms with Crippen molar-refractivity contribution in [2.45, 2.75) is 32.2 Å². The molecule has 1 N–H and O–H groups in total. The minimum Gasteiger partial charge on any atom is -0.384 e. The molecule has 0 aromatic rings. The van der Waals surface area contributed by atoms with E-state index in [1.807, 2.05) is 0 Å². The Balaban J connectivity index is 1.53. The van der Waals surface area contributed by atoms with E-state index in [2.05, 4.69) is 17.1 Å². The first-order valence-electron chi connectivity index (χ1n) is 6.73. The van der Waals surface area contributed by atoms with Crippen LogP contribution in [0.25, 0.3) is 0 Å². The lowest BCUT2D eigenvalue weighted by molar-refractivity contribution is 0.158. The highest BCUT2D eigenvalue weighted by molar-refractivity contribution is 4.89. The van der Waals surface area contributed by atoms with E-state index in [0.29, 0.717) is 5.92 Å². The molecule has 1 heterocycles. The Kier molecular flexibility index (Phi) is 4.62. The lowest BCUT2D eigenvalue weighted by atomic mass is 10.1. The minimum atomic E-state index is 0.630. The zero-order valence-electron chi connectivity index (χ0n) is 10.7. The van der Waals surface area contributed by atoms with Gasteiger partial charge in [0.2, 0.25) is 0 Å². The first-order chi connectivity index (χ1) is 7.79. The van der Waals surface area contributed by atoms with Crippen LogP contribution < -0.4 is 5.32 Å². The summed E-state index contributed by atoms with van der Waals surface area (Å²) in [5.74, 6) is 1.52. The van der Waals surface area contributed by atoms with Crippen LogP contribution in [0.3, 0.4) is 0 Å². The van der Waals surface area contributed by atoms with Crippen LogP contribution in [-0.4, -0.2) is 50.8 Å². The van der Waals surface area contributed by atoms with Gasteiger partial charge >= 0.3 is 0 Å². The molecule has 0 aromatic heterocycles. The Morgan fingerprint density at radius 1 is 1.38 bits per heavy atom. The predicted octanol–water partition coefficient (Wildman–Crippen LogP) is 1.34. The van der Waals surface area contributed by atoms with Crippen LogP contribution >= 0.6 is 0 Å². The maximum absolute atomic E-state index is 5.13. The molecule has 0 bridgehead atoms. The number of nitrogens with zero attached hydrogens (tertiary/aromatic N) is 1. The molecule has 2 fully saturated rings. The van der Waals surface area contributed by atoms with Crippen molar-refractivity contribution >= 4 is 0 Å². The topological polar surface area (TPSA) is 24.5 Å². The van der Waals surface area contributed by atoms with Gasteiger partial charge in [0.1, 0.15) is 0 Å². The highest BCUT2D eigenvalue weighted by Crippen LogP contribution is 2.31. The molecular formula is C13H26N2O. The summed E-state index contributed by atoms with van der Waals surface area (Å²) in [6.45, 7) is 8.06. The molecule has 2 aliphatic rings. The van der Waals surface area contributed by atoms with Crippen LogP contribution in [0, 0.1) is 11.8 Å². The van der Waals surface area contributed by atoms with Crippen LogP contribution in [0.5, 0.6) is 0 Å². The molecule has 3 heteroatoms. The predicted molar refractivity (Wildman–Crippen MR) is 66.6 cm³/mol. The first kappa shape index (κ1) is 12.3. The SMILES string of the molecule is COCC(C)CNCC1CCN(C2CC2)C1. The first-order valence-corrected chi connectivity index (χ1v) is 6.73. The average Bonchev–Trinajstić information content (AvgIpc) is 3.00. The normalized spacial score (nSPS) is 28.5. The third kappa shape index (κ3) is 3.72. The van der Waals surface area contributed by atoms with E-state index in [9.17, 15) is 0 Å². The van der Waals surface area contributed by atoms with Gasteiger partial charge in [0.15, 0.2) is 0 Å². The van der Waals surface area contributed by atoms with Crippen molar-refractivity contribution in [3.63, 3.8) is 0 Å². The monoisotopic (exact) mass is 226 g/mol. The molecule has 1 saturated carbocycles. The lowest BCUT2D eigenvalue weighted by Crippen LogP contribution is -2.31. The molecular weight excluding hydrogens is 200 g/mol. The minimum absolute atomic E-state index is 0.630. The van der Waals surface area contributed by atoms with Crippen molar-refractivity contribution < 1.29 is 4.74 Å². The van der Waals surface area contributed by atoms with Crippen molar-refractivity contribution in [3.05, 3.63) is 0 Å². The average molecular weight is 226 g/mol. The summed E-state index contributed by atoms with van der Waals surface area (Å²) in [5.41, 5.74) is 0. The Bertz CT molecular complexity index is 206. The Morgan fingerprint density at radius 3 is 2.88 bits per heavy atom. The van der Waals surface area contributed by atoms with E-state index < -0.39 is 0 Å². The van der Waals surface area contributed by atoms with Gasteiger partial charge in [-0.05, 0) is 50.7 Å². The van der Waals surface area contributed by atoms with Crippen molar-refractivity contribution in [2.24, 2.45) is 11.8 Å². The van der Waals surface area contributed by atoms with Gasteiger partial charge in [-0.1, -0.05) is 6.92 Å². The standard InChI is InChI=1S/C13H26N2O/c1-11(10-16-2)7-14-8-12-5-6-15(9-12)13-3-4-13/h11-14H,3-10H2,1-2H3. The fourth-order valence-electron chi connectivity index (χ4n) is 2.68. The summed E-state index contributed by atoms with van der Waals surface area (Å²) < 4.78 is 5.13. The second kappa shape index (κ2) is 5.99. The van der Waals surface area contributed by atoms with Crippen LogP contribution in [-0.2, 0) is 4.74 Å². The van der Waals surface area contributed by atoms with E-state index >= 15 is 0 Å². The molecule has 0 spiro atoms. The van der Waals surface area contributed by atoms with E-state index in [0.717, 1.165) is 25.1 Å². The van der Waals surface area contributed by atoms with Crippen molar-refractivity contribution in [3.8, 4) is 0 Å². The van der Waals surface area contributed by atoms with E-state index in [1.54, 1.807) is 7.11 Å². The summed E-state index contributed by atoms with van der Waals surface area (Å²) in [5, 5.41) is 3.59. The van der Waals surface area contributed by atoms with Crippen LogP contribution in [0.2, 0.25) is 0 Å². The van der Waals surface area contributed by atoms with Gasteiger partial charge in [0.05, 0.1) is 0 Å². The zero-order chi connectivity index (χ0) is 11.4. The Hall–Kier alpha value is -0.120. The number of nitrogens with one attached hydrogen (secondary N) is 1. The smallest absolute Gasteiger partial charge is 0.0499 e. The third-order valence-corrected chi connectivity index (χ3v) is 3.76. The van der Waals surface area contributed by atoms with Gasteiger partial charge < -0.3 is 15.0 Å². The van der Waals surface area contributed by atoms with Gasteiger partial charge in [0.25, 0.3) is 0 Å². The number of methoxy groups -OCH3 is 1. The number of rotatable bonds is 7. The number of hydrogen-bond donors (Lipinski definition) is 1. The summed E-state index contributed by atoms with van der Waals surface area (Å²) in [4.78, 5) is 2.69. The summed E-state index contributed by atoms with van der Waals surface area (Å²) in [6.07, 6.45) is 4.29. The van der Waals surface area contributed by atoms with Gasteiger partial charge in [-0.15, -0.1) is 0 Å². The summed E-state index contributed by atoms with van der Waals surface area (Å²) in [7, 11) is 1.78. The number of likely N-dealkylation sites (tertiary alicyclic amines) is 1. The molecule has 3 nitrogen and oxygen atoms in total. The van der Waals surface area contributed by atoms with Gasteiger partial charge in [-0.25, -0.2) is 0 Å². The molecule has 94 valence electrons. The number of ether oxygens (including phenoxy) is 1. The molecule has 0 radical (unpaired) electrons. The summed E-state index contributed by atoms with van der Waals surface area (Å²) in [6, 6.07) is 0.956. The van der Waals surface area contributed by atoms with Crippen LogP contribution in [0.1, 0.15) is 26.2 Å². The third-order valence-electron chi connectivity index (χ3n) is 3.76.